The molecule has 1 aliphatic rings. The highest BCUT2D eigenvalue weighted by Crippen LogP contribution is 2.30. The van der Waals surface area contributed by atoms with Gasteiger partial charge in [-0.25, -0.2) is 4.98 Å². The molecule has 0 saturated heterocycles. The first-order chi connectivity index (χ1) is 14.7. The van der Waals surface area contributed by atoms with Crippen molar-refractivity contribution >= 4 is 41.8 Å². The Morgan fingerprint density at radius 1 is 1.03 bits per heavy atom. The van der Waals surface area contributed by atoms with Crippen LogP contribution in [-0.2, 0) is 13.1 Å². The number of carbonyl (C=O) groups excluding carboxylic acids is 1. The molecule has 1 aromatic heterocycles. The second kappa shape index (κ2) is 10.0. The Morgan fingerprint density at radius 3 is 2.56 bits per heavy atom. The van der Waals surface area contributed by atoms with Crippen LogP contribution in [0.2, 0.25) is 0 Å². The molecule has 0 saturated carbocycles. The van der Waals surface area contributed by atoms with Crippen LogP contribution in [-0.4, -0.2) is 33.9 Å². The number of ether oxygens (including phenoxy) is 1. The van der Waals surface area contributed by atoms with E-state index in [1.807, 2.05) is 41.3 Å². The fourth-order valence-corrected chi connectivity index (χ4v) is 3.83. The van der Waals surface area contributed by atoms with Crippen LogP contribution in [0.25, 0.3) is 22.2 Å². The number of hydrogen-bond donors (Lipinski definition) is 2. The summed E-state index contributed by atoms with van der Waals surface area (Å²) in [5.74, 6) is 0.828. The molecular weight excluding hydrogens is 447 g/mol. The predicted molar refractivity (Wildman–Crippen MR) is 131 cm³/mol. The van der Waals surface area contributed by atoms with Gasteiger partial charge in [0.2, 0.25) is 0 Å². The zero-order valence-electron chi connectivity index (χ0n) is 17.3. The van der Waals surface area contributed by atoms with Crippen LogP contribution in [0, 0.1) is 0 Å². The first kappa shape index (κ1) is 23.6. The Balaban J connectivity index is 0.00000144. The van der Waals surface area contributed by atoms with Gasteiger partial charge in [-0.15, -0.1) is 24.8 Å². The molecule has 5 rings (SSSR count). The van der Waals surface area contributed by atoms with E-state index in [1.165, 1.54) is 0 Å². The fourth-order valence-electron chi connectivity index (χ4n) is 3.83. The second-order valence-corrected chi connectivity index (χ2v) is 7.43. The highest BCUT2D eigenvalue weighted by Gasteiger charge is 2.21. The molecule has 6 nitrogen and oxygen atoms in total. The lowest BCUT2D eigenvalue weighted by atomic mass is 10.0. The van der Waals surface area contributed by atoms with Crippen LogP contribution in [0.3, 0.4) is 0 Å². The number of rotatable bonds is 3. The molecular formula is C24H24Cl2N4O2. The number of carbonyl (C=O) groups is 1. The van der Waals surface area contributed by atoms with Crippen LogP contribution >= 0.6 is 24.8 Å². The van der Waals surface area contributed by atoms with Crippen LogP contribution in [0.1, 0.15) is 21.5 Å². The molecule has 8 heteroatoms. The largest absolute Gasteiger partial charge is 0.491 e. The topological polar surface area (TPSA) is 84.2 Å². The maximum atomic E-state index is 13.1. The van der Waals surface area contributed by atoms with Crippen LogP contribution < -0.4 is 10.5 Å². The molecule has 1 amide bonds. The van der Waals surface area contributed by atoms with Gasteiger partial charge in [-0.3, -0.25) is 4.79 Å². The third kappa shape index (κ3) is 4.58. The van der Waals surface area contributed by atoms with Gasteiger partial charge in [0.15, 0.2) is 0 Å². The normalized spacial score (nSPS) is 12.7. The quantitative estimate of drug-likeness (QED) is 0.459. The molecule has 4 aromatic rings. The van der Waals surface area contributed by atoms with Crippen molar-refractivity contribution < 1.29 is 9.53 Å². The summed E-state index contributed by atoms with van der Waals surface area (Å²) in [6.07, 6.45) is 1.70. The monoisotopic (exact) mass is 470 g/mol. The Morgan fingerprint density at radius 2 is 1.78 bits per heavy atom. The first-order valence-corrected chi connectivity index (χ1v) is 9.99. The van der Waals surface area contributed by atoms with Crippen molar-refractivity contribution in [3.05, 3.63) is 83.7 Å². The summed E-state index contributed by atoms with van der Waals surface area (Å²) in [5, 5.41) is 0. The van der Waals surface area contributed by atoms with E-state index >= 15 is 0 Å². The third-order valence-electron chi connectivity index (χ3n) is 5.52. The summed E-state index contributed by atoms with van der Waals surface area (Å²) in [4.78, 5) is 22.3. The van der Waals surface area contributed by atoms with Gasteiger partial charge in [-0.1, -0.05) is 24.3 Å². The highest BCUT2D eigenvalue weighted by molar-refractivity contribution is 5.94. The van der Waals surface area contributed by atoms with Crippen LogP contribution in [0.15, 0.2) is 67.0 Å². The molecule has 0 atom stereocenters. The van der Waals surface area contributed by atoms with Gasteiger partial charge in [0.05, 0.1) is 23.9 Å². The van der Waals surface area contributed by atoms with E-state index in [9.17, 15) is 4.79 Å². The molecule has 0 radical (unpaired) electrons. The van der Waals surface area contributed by atoms with Crippen molar-refractivity contribution in [3.8, 4) is 16.9 Å². The van der Waals surface area contributed by atoms with E-state index in [4.69, 9.17) is 10.5 Å². The average Bonchev–Trinajstić information content (AvgIpc) is 3.16. The smallest absolute Gasteiger partial charge is 0.254 e. The summed E-state index contributed by atoms with van der Waals surface area (Å²) >= 11 is 0. The number of amides is 1. The summed E-state index contributed by atoms with van der Waals surface area (Å²) in [7, 11) is 0. The van der Waals surface area contributed by atoms with E-state index in [0.717, 1.165) is 39.0 Å². The number of hydrogen-bond acceptors (Lipinski definition) is 4. The maximum Gasteiger partial charge on any atom is 0.254 e. The molecule has 3 aromatic carbocycles. The zero-order valence-corrected chi connectivity index (χ0v) is 18.9. The van der Waals surface area contributed by atoms with Gasteiger partial charge in [-0.05, 0) is 53.1 Å². The van der Waals surface area contributed by atoms with E-state index < -0.39 is 0 Å². The number of nitrogens with two attached hydrogens (primary N) is 1. The summed E-state index contributed by atoms with van der Waals surface area (Å²) in [6, 6.07) is 19.8. The predicted octanol–water partition coefficient (Wildman–Crippen LogP) is 4.57. The Kier molecular flexibility index (Phi) is 7.40. The fraction of sp³-hybridized carbons (Fsp3) is 0.167. The van der Waals surface area contributed by atoms with E-state index in [1.54, 1.807) is 6.33 Å². The molecule has 3 N–H and O–H groups in total. The van der Waals surface area contributed by atoms with Gasteiger partial charge in [-0.2, -0.15) is 0 Å². The lowest BCUT2D eigenvalue weighted by molar-refractivity contribution is 0.0733. The summed E-state index contributed by atoms with van der Waals surface area (Å²) in [5.41, 5.74) is 12.4. The zero-order chi connectivity index (χ0) is 20.5. The second-order valence-electron chi connectivity index (χ2n) is 7.43. The molecule has 1 aliphatic heterocycles. The van der Waals surface area contributed by atoms with Crippen molar-refractivity contribution in [2.24, 2.45) is 5.73 Å². The molecule has 2 heterocycles. The number of imidazole rings is 1. The number of aromatic amines is 1. The SMILES string of the molecule is Cl.Cl.NCc1ccc(C(=O)N2CCOc3ccc(-c4ccc5nc[nH]c5c4)cc3C2)cc1. The van der Waals surface area contributed by atoms with E-state index in [2.05, 4.69) is 34.2 Å². The Labute approximate surface area is 198 Å². The number of nitrogens with one attached hydrogen (secondary N) is 1. The molecule has 0 bridgehead atoms. The number of H-pyrrole nitrogens is 1. The van der Waals surface area contributed by atoms with Gasteiger partial charge in [0, 0.05) is 24.2 Å². The lowest BCUT2D eigenvalue weighted by Crippen LogP contribution is -2.32. The van der Waals surface area contributed by atoms with Crippen molar-refractivity contribution in [2.45, 2.75) is 13.1 Å². The van der Waals surface area contributed by atoms with Gasteiger partial charge in [0.25, 0.3) is 5.91 Å². The first-order valence-electron chi connectivity index (χ1n) is 9.99. The minimum atomic E-state index is -0.000644. The van der Waals surface area contributed by atoms with Crippen LogP contribution in [0.4, 0.5) is 0 Å². The van der Waals surface area contributed by atoms with Gasteiger partial charge < -0.3 is 20.4 Å². The lowest BCUT2D eigenvalue weighted by Gasteiger charge is -2.20. The molecule has 0 fully saturated rings. The van der Waals surface area contributed by atoms with Crippen molar-refractivity contribution in [1.82, 2.24) is 14.9 Å². The highest BCUT2D eigenvalue weighted by atomic mass is 35.5. The summed E-state index contributed by atoms with van der Waals surface area (Å²) < 4.78 is 5.92. The standard InChI is InChI=1S/C24H22N4O2.2ClH/c25-13-16-1-3-17(4-2-16)24(29)28-9-10-30-23-8-6-18(11-20(23)14-28)19-5-7-21-22(12-19)27-15-26-21;;/h1-8,11-12,15H,9-10,13-14,25H2,(H,26,27);2*1H. The minimum Gasteiger partial charge on any atom is -0.491 e. The molecule has 0 unspecified atom stereocenters. The van der Waals surface area contributed by atoms with E-state index in [0.29, 0.717) is 31.8 Å². The Bertz CT molecular complexity index is 1220. The molecule has 0 spiro atoms. The molecule has 32 heavy (non-hydrogen) atoms. The number of aromatic nitrogens is 2. The Hall–Kier alpha value is -3.06. The summed E-state index contributed by atoms with van der Waals surface area (Å²) in [6.45, 7) is 1.99. The van der Waals surface area contributed by atoms with Crippen molar-refractivity contribution in [2.75, 3.05) is 13.2 Å². The minimum absolute atomic E-state index is 0. The van der Waals surface area contributed by atoms with Crippen LogP contribution in [0.5, 0.6) is 5.75 Å². The average molecular weight is 471 g/mol. The number of fused-ring (bicyclic) bond motifs is 2. The third-order valence-corrected chi connectivity index (χ3v) is 5.52. The van der Waals surface area contributed by atoms with Gasteiger partial charge >= 0.3 is 0 Å². The number of benzene rings is 3. The molecule has 0 aliphatic carbocycles. The van der Waals surface area contributed by atoms with Gasteiger partial charge in [0.1, 0.15) is 12.4 Å². The van der Waals surface area contributed by atoms with Crippen molar-refractivity contribution in [1.29, 1.82) is 0 Å². The maximum absolute atomic E-state index is 13.1. The molecule has 166 valence electrons. The van der Waals surface area contributed by atoms with Crippen molar-refractivity contribution in [3.63, 3.8) is 0 Å². The number of nitrogens with zero attached hydrogens (tertiary/aromatic N) is 2. The van der Waals surface area contributed by atoms with E-state index in [-0.39, 0.29) is 30.7 Å². The number of halogens is 2.